The Bertz CT molecular complexity index is 791. The molecule has 6 nitrogen and oxygen atoms in total. The van der Waals surface area contributed by atoms with Gasteiger partial charge in [0.25, 0.3) is 5.91 Å². The Hall–Kier alpha value is -2.73. The Morgan fingerprint density at radius 2 is 1.78 bits per heavy atom. The van der Waals surface area contributed by atoms with Gasteiger partial charge < -0.3 is 19.5 Å². The second-order valence-corrected chi connectivity index (χ2v) is 6.30. The number of rotatable bonds is 8. The van der Waals surface area contributed by atoms with Crippen LogP contribution in [0.3, 0.4) is 0 Å². The molecule has 0 radical (unpaired) electrons. The highest BCUT2D eigenvalue weighted by Gasteiger charge is 2.16. The summed E-state index contributed by atoms with van der Waals surface area (Å²) in [4.78, 5) is 24.0. The number of methoxy groups -OCH3 is 2. The minimum Gasteiger partial charge on any atom is -0.497 e. The van der Waals surface area contributed by atoms with E-state index in [0.29, 0.717) is 16.5 Å². The standard InChI is InChI=1S/C20H22ClNO5/c1-13(17-11-16(25-2)8-9-18(17)26-3)22-19(23)12-27-20(24)10-14-4-6-15(21)7-5-14/h4-9,11,13H,10,12H2,1-3H3,(H,22,23)/t13-/m1/s1. The van der Waals surface area contributed by atoms with Crippen molar-refractivity contribution in [3.63, 3.8) is 0 Å². The summed E-state index contributed by atoms with van der Waals surface area (Å²) >= 11 is 5.80. The molecule has 0 saturated carbocycles. The zero-order valence-corrected chi connectivity index (χ0v) is 16.2. The van der Waals surface area contributed by atoms with Crippen LogP contribution in [-0.2, 0) is 20.7 Å². The van der Waals surface area contributed by atoms with E-state index in [1.807, 2.05) is 6.92 Å². The Kier molecular flexibility index (Phi) is 7.49. The van der Waals surface area contributed by atoms with E-state index in [2.05, 4.69) is 5.32 Å². The molecule has 1 atom stereocenters. The fraction of sp³-hybridized carbons (Fsp3) is 0.300. The molecule has 7 heteroatoms. The van der Waals surface area contributed by atoms with Gasteiger partial charge in [-0.2, -0.15) is 0 Å². The summed E-state index contributed by atoms with van der Waals surface area (Å²) in [6.45, 7) is 1.45. The summed E-state index contributed by atoms with van der Waals surface area (Å²) < 4.78 is 15.6. The van der Waals surface area contributed by atoms with Gasteiger partial charge in [0, 0.05) is 10.6 Å². The van der Waals surface area contributed by atoms with E-state index in [-0.39, 0.29) is 19.1 Å². The zero-order valence-electron chi connectivity index (χ0n) is 15.5. The van der Waals surface area contributed by atoms with Crippen molar-refractivity contribution in [3.05, 3.63) is 58.6 Å². The van der Waals surface area contributed by atoms with Crippen molar-refractivity contribution in [3.8, 4) is 11.5 Å². The molecule has 0 aliphatic heterocycles. The summed E-state index contributed by atoms with van der Waals surface area (Å²) in [6, 6.07) is 11.8. The van der Waals surface area contributed by atoms with Crippen LogP contribution in [0.5, 0.6) is 11.5 Å². The molecule has 144 valence electrons. The van der Waals surface area contributed by atoms with Crippen LogP contribution in [0, 0.1) is 0 Å². The average molecular weight is 392 g/mol. The van der Waals surface area contributed by atoms with Crippen molar-refractivity contribution in [2.75, 3.05) is 20.8 Å². The van der Waals surface area contributed by atoms with Crippen molar-refractivity contribution in [1.29, 1.82) is 0 Å². The normalized spacial score (nSPS) is 11.4. The monoisotopic (exact) mass is 391 g/mol. The lowest BCUT2D eigenvalue weighted by Gasteiger charge is -2.18. The van der Waals surface area contributed by atoms with Gasteiger partial charge in [0.05, 0.1) is 26.7 Å². The van der Waals surface area contributed by atoms with E-state index in [1.165, 1.54) is 0 Å². The lowest BCUT2D eigenvalue weighted by atomic mass is 10.1. The van der Waals surface area contributed by atoms with Crippen LogP contribution in [0.4, 0.5) is 0 Å². The van der Waals surface area contributed by atoms with Crippen LogP contribution < -0.4 is 14.8 Å². The van der Waals surface area contributed by atoms with Crippen LogP contribution in [-0.4, -0.2) is 32.7 Å². The number of halogens is 1. The lowest BCUT2D eigenvalue weighted by Crippen LogP contribution is -2.31. The third-order valence-corrected chi connectivity index (χ3v) is 4.16. The number of hydrogen-bond donors (Lipinski definition) is 1. The number of nitrogens with one attached hydrogen (secondary N) is 1. The first kappa shape index (κ1) is 20.6. The Morgan fingerprint density at radius 1 is 1.07 bits per heavy atom. The SMILES string of the molecule is COc1ccc(OC)c([C@@H](C)NC(=O)COC(=O)Cc2ccc(Cl)cc2)c1. The summed E-state index contributed by atoms with van der Waals surface area (Å²) in [5, 5.41) is 3.37. The Balaban J connectivity index is 1.87. The van der Waals surface area contributed by atoms with Gasteiger partial charge in [0.2, 0.25) is 0 Å². The topological polar surface area (TPSA) is 73.9 Å². The Labute approximate surface area is 163 Å². The first-order valence-corrected chi connectivity index (χ1v) is 8.72. The largest absolute Gasteiger partial charge is 0.497 e. The van der Waals surface area contributed by atoms with Crippen LogP contribution >= 0.6 is 11.6 Å². The third kappa shape index (κ3) is 6.18. The van der Waals surface area contributed by atoms with Gasteiger partial charge in [-0.05, 0) is 42.8 Å². The highest BCUT2D eigenvalue weighted by atomic mass is 35.5. The van der Waals surface area contributed by atoms with E-state index < -0.39 is 11.9 Å². The molecule has 1 amide bonds. The summed E-state index contributed by atoms with van der Waals surface area (Å²) in [5.74, 6) is 0.389. The second kappa shape index (κ2) is 9.83. The van der Waals surface area contributed by atoms with Gasteiger partial charge in [0.15, 0.2) is 6.61 Å². The van der Waals surface area contributed by atoms with E-state index >= 15 is 0 Å². The molecule has 1 N–H and O–H groups in total. The molecule has 2 aromatic rings. The van der Waals surface area contributed by atoms with E-state index in [1.54, 1.807) is 56.7 Å². The van der Waals surface area contributed by atoms with Crippen molar-refractivity contribution in [1.82, 2.24) is 5.32 Å². The molecule has 0 aromatic heterocycles. The Morgan fingerprint density at radius 3 is 2.41 bits per heavy atom. The molecule has 0 saturated heterocycles. The number of carbonyl (C=O) groups excluding carboxylic acids is 2. The van der Waals surface area contributed by atoms with Crippen LogP contribution in [0.1, 0.15) is 24.1 Å². The van der Waals surface area contributed by atoms with Crippen molar-refractivity contribution in [2.45, 2.75) is 19.4 Å². The molecule has 0 spiro atoms. The third-order valence-electron chi connectivity index (χ3n) is 3.91. The molecule has 2 aromatic carbocycles. The highest BCUT2D eigenvalue weighted by Crippen LogP contribution is 2.29. The van der Waals surface area contributed by atoms with Crippen molar-refractivity contribution >= 4 is 23.5 Å². The molecule has 27 heavy (non-hydrogen) atoms. The first-order valence-electron chi connectivity index (χ1n) is 8.34. The zero-order chi connectivity index (χ0) is 19.8. The van der Waals surface area contributed by atoms with Crippen molar-refractivity contribution in [2.24, 2.45) is 0 Å². The number of benzene rings is 2. The summed E-state index contributed by atoms with van der Waals surface area (Å²) in [7, 11) is 3.12. The van der Waals surface area contributed by atoms with Gasteiger partial charge in [-0.3, -0.25) is 9.59 Å². The van der Waals surface area contributed by atoms with Crippen LogP contribution in [0.2, 0.25) is 5.02 Å². The molecule has 2 rings (SSSR count). The number of hydrogen-bond acceptors (Lipinski definition) is 5. The lowest BCUT2D eigenvalue weighted by molar-refractivity contribution is -0.148. The van der Waals surface area contributed by atoms with Gasteiger partial charge in [0.1, 0.15) is 11.5 Å². The molecule has 0 aliphatic rings. The molecular formula is C20H22ClNO5. The maximum absolute atomic E-state index is 12.1. The summed E-state index contributed by atoms with van der Waals surface area (Å²) in [5.41, 5.74) is 1.52. The average Bonchev–Trinajstić information content (AvgIpc) is 2.67. The first-order chi connectivity index (χ1) is 12.9. The highest BCUT2D eigenvalue weighted by molar-refractivity contribution is 6.30. The predicted octanol–water partition coefficient (Wildman–Crippen LogP) is 3.32. The fourth-order valence-electron chi connectivity index (χ4n) is 2.50. The molecule has 0 unspecified atom stereocenters. The number of carbonyl (C=O) groups is 2. The molecule has 0 fully saturated rings. The quantitative estimate of drug-likeness (QED) is 0.699. The molecular weight excluding hydrogens is 370 g/mol. The minimum atomic E-state index is -0.487. The van der Waals surface area contributed by atoms with Gasteiger partial charge in [-0.25, -0.2) is 0 Å². The summed E-state index contributed by atoms with van der Waals surface area (Å²) in [6.07, 6.45) is 0.0731. The maximum Gasteiger partial charge on any atom is 0.310 e. The second-order valence-electron chi connectivity index (χ2n) is 5.86. The number of amides is 1. The van der Waals surface area contributed by atoms with E-state index in [0.717, 1.165) is 11.1 Å². The van der Waals surface area contributed by atoms with Crippen molar-refractivity contribution < 1.29 is 23.8 Å². The van der Waals surface area contributed by atoms with Gasteiger partial charge in [-0.15, -0.1) is 0 Å². The van der Waals surface area contributed by atoms with Crippen LogP contribution in [0.25, 0.3) is 0 Å². The van der Waals surface area contributed by atoms with Gasteiger partial charge >= 0.3 is 5.97 Å². The van der Waals surface area contributed by atoms with Crippen LogP contribution in [0.15, 0.2) is 42.5 Å². The number of ether oxygens (including phenoxy) is 3. The predicted molar refractivity (Wildman–Crippen MR) is 102 cm³/mol. The fourth-order valence-corrected chi connectivity index (χ4v) is 2.63. The molecule has 0 aliphatic carbocycles. The number of esters is 1. The van der Waals surface area contributed by atoms with E-state index in [9.17, 15) is 9.59 Å². The molecule has 0 bridgehead atoms. The van der Waals surface area contributed by atoms with Gasteiger partial charge in [-0.1, -0.05) is 23.7 Å². The maximum atomic E-state index is 12.1. The molecule has 0 heterocycles. The smallest absolute Gasteiger partial charge is 0.310 e. The van der Waals surface area contributed by atoms with E-state index in [4.69, 9.17) is 25.8 Å². The minimum absolute atomic E-state index is 0.0731.